The molecule has 2 heterocycles. The smallest absolute Gasteiger partial charge is 0.240 e. The number of amides is 4. The molecule has 0 aromatic rings. The first kappa shape index (κ1) is 23.0. The molecule has 32 heavy (non-hydrogen) atoms. The zero-order chi connectivity index (χ0) is 24.0. The van der Waals surface area contributed by atoms with E-state index in [-0.39, 0.29) is 35.6 Å². The zero-order valence-electron chi connectivity index (χ0n) is 19.7. The summed E-state index contributed by atoms with van der Waals surface area (Å²) in [6.45, 7) is 9.88. The molecule has 2 saturated heterocycles. The number of rotatable bonds is 6. The number of carbonyl (C=O) groups is 4. The van der Waals surface area contributed by atoms with Gasteiger partial charge in [0.2, 0.25) is 23.6 Å². The lowest BCUT2D eigenvalue weighted by Gasteiger charge is -2.40. The number of nitrogens with two attached hydrogens (primary N) is 3. The SMILES string of the molecule is CC(C)(C)[C@H](N)C(=O)N1CC2C(C)(C)C2([C@H](C[C@@H]2CC3(CC3)NC2=O)C(N)=O)C1C(N)=O. The molecule has 2 aliphatic carbocycles. The Labute approximate surface area is 189 Å². The molecule has 0 bridgehead atoms. The Kier molecular flexibility index (Phi) is 4.81. The van der Waals surface area contributed by atoms with Crippen LogP contribution in [0.25, 0.3) is 0 Å². The third-order valence-corrected chi connectivity index (χ3v) is 9.07. The van der Waals surface area contributed by atoms with Gasteiger partial charge in [0.05, 0.1) is 6.04 Å². The molecule has 3 unspecified atom stereocenters. The maximum Gasteiger partial charge on any atom is 0.240 e. The highest BCUT2D eigenvalue weighted by molar-refractivity contribution is 5.93. The fourth-order valence-electron chi connectivity index (χ4n) is 6.94. The van der Waals surface area contributed by atoms with Gasteiger partial charge in [-0.05, 0) is 42.4 Å². The number of nitrogens with zero attached hydrogens (tertiary/aromatic N) is 1. The summed E-state index contributed by atoms with van der Waals surface area (Å²) in [7, 11) is 0. The van der Waals surface area contributed by atoms with Crippen molar-refractivity contribution in [2.24, 2.45) is 51.2 Å². The Morgan fingerprint density at radius 3 is 2.22 bits per heavy atom. The second-order valence-electron chi connectivity index (χ2n) is 12.2. The first-order chi connectivity index (χ1) is 14.6. The van der Waals surface area contributed by atoms with Crippen molar-refractivity contribution < 1.29 is 19.2 Å². The van der Waals surface area contributed by atoms with E-state index in [9.17, 15) is 19.2 Å². The summed E-state index contributed by atoms with van der Waals surface area (Å²) >= 11 is 0. The van der Waals surface area contributed by atoms with Crippen LogP contribution < -0.4 is 22.5 Å². The molecule has 4 rings (SSSR count). The maximum atomic E-state index is 13.3. The highest BCUT2D eigenvalue weighted by Gasteiger charge is 2.83. The maximum absolute atomic E-state index is 13.3. The molecular formula is C23H37N5O4. The normalized spacial score (nSPS) is 35.8. The molecule has 0 aromatic carbocycles. The molecule has 7 N–H and O–H groups in total. The van der Waals surface area contributed by atoms with Crippen LogP contribution in [0.4, 0.5) is 0 Å². The summed E-state index contributed by atoms with van der Waals surface area (Å²) in [4.78, 5) is 53.1. The molecule has 2 saturated carbocycles. The minimum atomic E-state index is -0.986. The molecule has 9 nitrogen and oxygen atoms in total. The van der Waals surface area contributed by atoms with Crippen molar-refractivity contribution >= 4 is 23.6 Å². The Bertz CT molecular complexity index is 889. The second-order valence-corrected chi connectivity index (χ2v) is 12.2. The summed E-state index contributed by atoms with van der Waals surface area (Å²) in [5.74, 6) is -2.82. The van der Waals surface area contributed by atoms with E-state index in [1.54, 1.807) is 0 Å². The molecule has 1 spiro atoms. The largest absolute Gasteiger partial charge is 0.369 e. The molecule has 4 aliphatic rings. The van der Waals surface area contributed by atoms with Gasteiger partial charge in [-0.2, -0.15) is 0 Å². The molecule has 9 heteroatoms. The minimum Gasteiger partial charge on any atom is -0.369 e. The predicted octanol–water partition coefficient (Wildman–Crippen LogP) is -0.141. The van der Waals surface area contributed by atoms with Gasteiger partial charge in [0, 0.05) is 29.3 Å². The van der Waals surface area contributed by atoms with E-state index < -0.39 is 46.1 Å². The standard InChI is InChI=1S/C23H37N5O4/c1-20(2,3)14(24)19(32)28-10-13-21(4,5)23(13,15(28)17(26)30)12(16(25)29)8-11-9-22(6-7-22)27-18(11)31/h11-15H,6-10,24H2,1-5H3,(H2,25,29)(H2,26,30)(H,27,31)/t11-,12-,13?,14-,15?,23?/m1/s1. The zero-order valence-corrected chi connectivity index (χ0v) is 19.7. The number of carbonyl (C=O) groups excluding carboxylic acids is 4. The van der Waals surface area contributed by atoms with Gasteiger partial charge in [-0.3, -0.25) is 19.2 Å². The lowest BCUT2D eigenvalue weighted by Crippen LogP contribution is -2.59. The summed E-state index contributed by atoms with van der Waals surface area (Å²) in [5, 5.41) is 3.06. The van der Waals surface area contributed by atoms with Gasteiger partial charge in [0.1, 0.15) is 6.04 Å². The van der Waals surface area contributed by atoms with Crippen molar-refractivity contribution in [2.45, 2.75) is 77.9 Å². The van der Waals surface area contributed by atoms with Crippen molar-refractivity contribution in [1.82, 2.24) is 10.2 Å². The lowest BCUT2D eigenvalue weighted by molar-refractivity contribution is -0.146. The van der Waals surface area contributed by atoms with Crippen LogP contribution in [0.3, 0.4) is 0 Å². The van der Waals surface area contributed by atoms with Crippen LogP contribution in [0.5, 0.6) is 0 Å². The van der Waals surface area contributed by atoms with E-state index in [2.05, 4.69) is 5.32 Å². The summed E-state index contributed by atoms with van der Waals surface area (Å²) in [6.07, 6.45) is 2.84. The second kappa shape index (κ2) is 6.68. The fourth-order valence-corrected chi connectivity index (χ4v) is 6.94. The molecule has 0 aromatic heterocycles. The minimum absolute atomic E-state index is 0.0588. The number of primary amides is 2. The van der Waals surface area contributed by atoms with Crippen LogP contribution in [0, 0.1) is 34.0 Å². The number of hydrogen-bond donors (Lipinski definition) is 4. The van der Waals surface area contributed by atoms with Crippen molar-refractivity contribution in [3.8, 4) is 0 Å². The van der Waals surface area contributed by atoms with Crippen LogP contribution in [0.1, 0.15) is 60.3 Å². The molecular weight excluding hydrogens is 410 g/mol. The third kappa shape index (κ3) is 2.99. The number of nitrogens with one attached hydrogen (secondary N) is 1. The lowest BCUT2D eigenvalue weighted by atomic mass is 9.71. The highest BCUT2D eigenvalue weighted by atomic mass is 16.2. The van der Waals surface area contributed by atoms with E-state index in [0.717, 1.165) is 12.8 Å². The van der Waals surface area contributed by atoms with E-state index in [4.69, 9.17) is 17.2 Å². The predicted molar refractivity (Wildman–Crippen MR) is 117 cm³/mol. The molecule has 2 aliphatic heterocycles. The van der Waals surface area contributed by atoms with Crippen molar-refractivity contribution in [3.05, 3.63) is 0 Å². The molecule has 4 fully saturated rings. The van der Waals surface area contributed by atoms with Gasteiger partial charge in [0.25, 0.3) is 0 Å². The van der Waals surface area contributed by atoms with Gasteiger partial charge < -0.3 is 27.4 Å². The molecule has 6 atom stereocenters. The number of hydrogen-bond acceptors (Lipinski definition) is 5. The van der Waals surface area contributed by atoms with Crippen molar-refractivity contribution in [2.75, 3.05) is 6.54 Å². The number of likely N-dealkylation sites (tertiary alicyclic amines) is 1. The third-order valence-electron chi connectivity index (χ3n) is 9.07. The topological polar surface area (TPSA) is 162 Å². The van der Waals surface area contributed by atoms with Gasteiger partial charge >= 0.3 is 0 Å². The molecule has 4 amide bonds. The van der Waals surface area contributed by atoms with Gasteiger partial charge in [0.15, 0.2) is 0 Å². The van der Waals surface area contributed by atoms with E-state index in [0.29, 0.717) is 13.0 Å². The number of fused-ring (bicyclic) bond motifs is 1. The average Bonchev–Trinajstić information content (AvgIpc) is 3.36. The monoisotopic (exact) mass is 447 g/mol. The first-order valence-corrected chi connectivity index (χ1v) is 11.6. The first-order valence-electron chi connectivity index (χ1n) is 11.6. The summed E-state index contributed by atoms with van der Waals surface area (Å²) in [5.41, 5.74) is 16.1. The van der Waals surface area contributed by atoms with Crippen molar-refractivity contribution in [3.63, 3.8) is 0 Å². The van der Waals surface area contributed by atoms with Gasteiger partial charge in [-0.1, -0.05) is 34.6 Å². The van der Waals surface area contributed by atoms with Crippen LogP contribution in [-0.2, 0) is 19.2 Å². The Balaban J connectivity index is 1.69. The van der Waals surface area contributed by atoms with Crippen LogP contribution >= 0.6 is 0 Å². The van der Waals surface area contributed by atoms with E-state index >= 15 is 0 Å². The Hall–Kier alpha value is -2.16. The van der Waals surface area contributed by atoms with Gasteiger partial charge in [-0.25, -0.2) is 0 Å². The average molecular weight is 448 g/mol. The molecule has 0 radical (unpaired) electrons. The Morgan fingerprint density at radius 2 is 1.78 bits per heavy atom. The van der Waals surface area contributed by atoms with Crippen LogP contribution in [0.2, 0.25) is 0 Å². The highest BCUT2D eigenvalue weighted by Crippen LogP contribution is 2.78. The summed E-state index contributed by atoms with van der Waals surface area (Å²) in [6, 6.07) is -1.80. The van der Waals surface area contributed by atoms with E-state index in [1.807, 2.05) is 34.6 Å². The van der Waals surface area contributed by atoms with Crippen LogP contribution in [0.15, 0.2) is 0 Å². The number of piperidine rings is 1. The summed E-state index contributed by atoms with van der Waals surface area (Å²) < 4.78 is 0. The van der Waals surface area contributed by atoms with E-state index in [1.165, 1.54) is 4.90 Å². The Morgan fingerprint density at radius 1 is 1.19 bits per heavy atom. The van der Waals surface area contributed by atoms with Crippen LogP contribution in [-0.4, -0.2) is 52.7 Å². The fraction of sp³-hybridized carbons (Fsp3) is 0.826. The molecule has 178 valence electrons. The quantitative estimate of drug-likeness (QED) is 0.445. The van der Waals surface area contributed by atoms with Gasteiger partial charge in [-0.15, -0.1) is 0 Å². The van der Waals surface area contributed by atoms with Crippen molar-refractivity contribution in [1.29, 1.82) is 0 Å².